The summed E-state index contributed by atoms with van der Waals surface area (Å²) in [6, 6.07) is 10.3. The largest absolute Gasteiger partial charge is 0.446 e. The van der Waals surface area contributed by atoms with Crippen LogP contribution in [0.15, 0.2) is 48.0 Å². The SMILES string of the molecule is CC1=CCCC2(C)C(CCC2(O)CN(CC2CCCO2)C(=O)OC2CC(C)CCC2C(C)C)c2ccc(cc2C(=O)Cc2c(F)cccc2Cl)CC(O)CC1. The Morgan fingerprint density at radius 1 is 1.11 bits per heavy atom. The minimum absolute atomic E-state index is 0.0917. The first kappa shape index (κ1) is 41.8. The van der Waals surface area contributed by atoms with Crippen molar-refractivity contribution in [2.45, 2.75) is 148 Å². The van der Waals surface area contributed by atoms with Crippen molar-refractivity contribution in [2.24, 2.45) is 23.2 Å². The number of ether oxygens (including phenoxy) is 2. The number of aliphatic hydroxyl groups excluding tert-OH is 1. The van der Waals surface area contributed by atoms with Crippen molar-refractivity contribution in [1.82, 2.24) is 4.90 Å². The molecular weight excluding hydrogens is 717 g/mol. The Labute approximate surface area is 333 Å². The number of carbonyl (C=O) groups is 2. The molecule has 7 nitrogen and oxygen atoms in total. The highest BCUT2D eigenvalue weighted by atomic mass is 35.5. The van der Waals surface area contributed by atoms with Gasteiger partial charge in [0.05, 0.1) is 30.9 Å². The van der Waals surface area contributed by atoms with Gasteiger partial charge in [-0.15, -0.1) is 0 Å². The number of halogens is 2. The summed E-state index contributed by atoms with van der Waals surface area (Å²) in [5, 5.41) is 24.3. The van der Waals surface area contributed by atoms with E-state index in [1.165, 1.54) is 17.7 Å². The predicted octanol–water partition coefficient (Wildman–Crippen LogP) is 10.0. The molecule has 0 aromatic heterocycles. The molecule has 302 valence electrons. The van der Waals surface area contributed by atoms with E-state index in [0.29, 0.717) is 69.1 Å². The third kappa shape index (κ3) is 9.51. The molecule has 7 rings (SSSR count). The van der Waals surface area contributed by atoms with Crippen LogP contribution in [-0.2, 0) is 22.3 Å². The van der Waals surface area contributed by atoms with E-state index >= 15 is 4.39 Å². The summed E-state index contributed by atoms with van der Waals surface area (Å²) in [6.07, 6.45) is 9.52. The van der Waals surface area contributed by atoms with Crippen LogP contribution in [0.5, 0.6) is 0 Å². The van der Waals surface area contributed by atoms with Crippen LogP contribution in [0.3, 0.4) is 0 Å². The zero-order valence-electron chi connectivity index (χ0n) is 33.6. The van der Waals surface area contributed by atoms with Crippen LogP contribution >= 0.6 is 11.6 Å². The van der Waals surface area contributed by atoms with Crippen LogP contribution in [0, 0.1) is 29.0 Å². The number of Topliss-reactive ketones (excluding diaryl/α,β-unsaturated/α-hetero) is 1. The van der Waals surface area contributed by atoms with Gasteiger partial charge in [0, 0.05) is 34.6 Å². The lowest BCUT2D eigenvalue weighted by Gasteiger charge is -2.46. The first-order valence-corrected chi connectivity index (χ1v) is 21.3. The van der Waals surface area contributed by atoms with Crippen LogP contribution in [0.1, 0.15) is 138 Å². The van der Waals surface area contributed by atoms with Gasteiger partial charge in [0.1, 0.15) is 11.9 Å². The molecule has 1 amide bonds. The molecule has 8 atom stereocenters. The van der Waals surface area contributed by atoms with Crippen LogP contribution < -0.4 is 0 Å². The third-order valence-corrected chi connectivity index (χ3v) is 14.1. The van der Waals surface area contributed by atoms with Gasteiger partial charge in [-0.3, -0.25) is 4.79 Å². The van der Waals surface area contributed by atoms with E-state index in [0.717, 1.165) is 49.7 Å². The first-order chi connectivity index (χ1) is 26.2. The van der Waals surface area contributed by atoms with E-state index in [4.69, 9.17) is 21.1 Å². The highest BCUT2D eigenvalue weighted by Crippen LogP contribution is 2.59. The molecular formula is C46H63ClFNO6. The van der Waals surface area contributed by atoms with Crippen molar-refractivity contribution in [3.8, 4) is 0 Å². The van der Waals surface area contributed by atoms with Gasteiger partial charge in [0.15, 0.2) is 5.78 Å². The molecule has 2 saturated carbocycles. The van der Waals surface area contributed by atoms with E-state index in [-0.39, 0.29) is 53.4 Å². The second-order valence-electron chi connectivity index (χ2n) is 18.0. The molecule has 2 N–H and O–H groups in total. The molecule has 1 aliphatic heterocycles. The number of amides is 1. The number of hydrogen-bond acceptors (Lipinski definition) is 6. The lowest BCUT2D eigenvalue weighted by Crippen LogP contribution is -2.55. The van der Waals surface area contributed by atoms with E-state index in [2.05, 4.69) is 40.7 Å². The van der Waals surface area contributed by atoms with Gasteiger partial charge in [-0.25, -0.2) is 9.18 Å². The van der Waals surface area contributed by atoms with Crippen molar-refractivity contribution in [1.29, 1.82) is 0 Å². The molecule has 2 aromatic rings. The van der Waals surface area contributed by atoms with Crippen molar-refractivity contribution >= 4 is 23.5 Å². The Kier molecular flexibility index (Phi) is 13.5. The number of rotatable bonds is 9. The summed E-state index contributed by atoms with van der Waals surface area (Å²) in [5.41, 5.74) is 1.38. The second kappa shape index (κ2) is 17.8. The minimum atomic E-state index is -1.31. The number of benzene rings is 2. The summed E-state index contributed by atoms with van der Waals surface area (Å²) < 4.78 is 27.5. The van der Waals surface area contributed by atoms with Gasteiger partial charge < -0.3 is 24.6 Å². The van der Waals surface area contributed by atoms with Crippen molar-refractivity contribution < 1.29 is 33.7 Å². The number of fused-ring (bicyclic) bond motifs is 8. The quantitative estimate of drug-likeness (QED) is 0.194. The van der Waals surface area contributed by atoms with E-state index in [1.807, 2.05) is 18.2 Å². The van der Waals surface area contributed by atoms with Gasteiger partial charge in [-0.1, -0.05) is 75.6 Å². The molecule has 55 heavy (non-hydrogen) atoms. The summed E-state index contributed by atoms with van der Waals surface area (Å²) in [6.45, 7) is 11.9. The molecule has 1 heterocycles. The predicted molar refractivity (Wildman–Crippen MR) is 215 cm³/mol. The maximum Gasteiger partial charge on any atom is 0.410 e. The molecule has 5 aliphatic rings. The van der Waals surface area contributed by atoms with Gasteiger partial charge in [-0.2, -0.15) is 0 Å². The maximum absolute atomic E-state index is 15.0. The topological polar surface area (TPSA) is 96.3 Å². The van der Waals surface area contributed by atoms with Crippen molar-refractivity contribution in [3.05, 3.63) is 81.1 Å². The molecule has 4 aliphatic carbocycles. The standard InChI is InChI=1S/C46H63ClFNO6/c1-29(2)35-17-14-31(4)23-43(35)55-44(52)49(27-34-10-8-22-54-34)28-46(53)21-19-39-36-18-15-32(24-33(50)16-13-30(3)9-7-20-45(39,46)5)25-37(36)42(51)26-38-40(47)11-6-12-41(38)48/h6,9,11-12,15,18,25,29,31,33-35,39,43,50,53H,7-8,10,13-14,16-17,19-24,26-28H2,1-5H3. The zero-order valence-corrected chi connectivity index (χ0v) is 34.4. The van der Waals surface area contributed by atoms with E-state index in [9.17, 15) is 19.8 Å². The molecule has 9 heteroatoms. The van der Waals surface area contributed by atoms with E-state index in [1.54, 1.807) is 11.0 Å². The fourth-order valence-corrected chi connectivity index (χ4v) is 10.4. The maximum atomic E-state index is 15.0. The van der Waals surface area contributed by atoms with Gasteiger partial charge in [-0.05, 0) is 131 Å². The average Bonchev–Trinajstić information content (AvgIpc) is 3.73. The fraction of sp³-hybridized carbons (Fsp3) is 0.652. The lowest BCUT2D eigenvalue weighted by atomic mass is 9.64. The Hall–Kier alpha value is -2.78. The third-order valence-electron chi connectivity index (χ3n) is 13.7. The Morgan fingerprint density at radius 3 is 2.64 bits per heavy atom. The van der Waals surface area contributed by atoms with Crippen molar-refractivity contribution in [3.63, 3.8) is 0 Å². The number of allylic oxidation sites excluding steroid dienone is 2. The monoisotopic (exact) mass is 779 g/mol. The molecule has 1 saturated heterocycles. The fourth-order valence-electron chi connectivity index (χ4n) is 10.2. The van der Waals surface area contributed by atoms with Gasteiger partial charge >= 0.3 is 6.09 Å². The van der Waals surface area contributed by atoms with Crippen LogP contribution in [0.2, 0.25) is 5.02 Å². The Bertz CT molecular complexity index is 1690. The first-order valence-electron chi connectivity index (χ1n) is 20.9. The summed E-state index contributed by atoms with van der Waals surface area (Å²) in [7, 11) is 0. The number of nitrogens with zero attached hydrogens (tertiary/aromatic N) is 1. The average molecular weight is 780 g/mol. The minimum Gasteiger partial charge on any atom is -0.446 e. The molecule has 2 aromatic carbocycles. The smallest absolute Gasteiger partial charge is 0.410 e. The number of ketones is 1. The molecule has 3 fully saturated rings. The Balaban J connectivity index is 1.37. The zero-order chi connectivity index (χ0) is 39.5. The van der Waals surface area contributed by atoms with E-state index < -0.39 is 29.0 Å². The second-order valence-corrected chi connectivity index (χ2v) is 18.4. The highest BCUT2D eigenvalue weighted by Gasteiger charge is 2.58. The van der Waals surface area contributed by atoms with Gasteiger partial charge in [0.2, 0.25) is 0 Å². The van der Waals surface area contributed by atoms with Gasteiger partial charge in [0.25, 0.3) is 0 Å². The summed E-state index contributed by atoms with van der Waals surface area (Å²) >= 11 is 6.42. The Morgan fingerprint density at radius 2 is 1.91 bits per heavy atom. The normalized spacial score (nSPS) is 31.5. The molecule has 8 unspecified atom stereocenters. The summed E-state index contributed by atoms with van der Waals surface area (Å²) in [5.74, 6) is 0.115. The molecule has 0 radical (unpaired) electrons. The lowest BCUT2D eigenvalue weighted by molar-refractivity contribution is -0.0908. The number of hydrogen-bond donors (Lipinski definition) is 2. The number of carbonyl (C=O) groups excluding carboxylic acids is 2. The van der Waals surface area contributed by atoms with Crippen LogP contribution in [0.4, 0.5) is 9.18 Å². The van der Waals surface area contributed by atoms with Crippen LogP contribution in [-0.4, -0.2) is 70.6 Å². The highest BCUT2D eigenvalue weighted by molar-refractivity contribution is 6.31. The molecule has 0 spiro atoms. The van der Waals surface area contributed by atoms with Crippen LogP contribution in [0.25, 0.3) is 0 Å². The summed E-state index contributed by atoms with van der Waals surface area (Å²) in [4.78, 5) is 30.5. The van der Waals surface area contributed by atoms with Crippen molar-refractivity contribution in [2.75, 3.05) is 19.7 Å². The number of aliphatic hydroxyl groups is 2. The molecule has 2 bridgehead atoms.